The molecule has 0 radical (unpaired) electrons. The Morgan fingerprint density at radius 3 is 2.44 bits per heavy atom. The smallest absolute Gasteiger partial charge is 0.233 e. The van der Waals surface area contributed by atoms with E-state index in [2.05, 4.69) is 22.6 Å². The summed E-state index contributed by atoms with van der Waals surface area (Å²) >= 11 is 0. The summed E-state index contributed by atoms with van der Waals surface area (Å²) in [4.78, 5) is 13.8. The molecular weight excluding hydrogens is 273 g/mol. The van der Waals surface area contributed by atoms with Crippen molar-refractivity contribution >= 4 is 30.7 Å². The highest BCUT2D eigenvalue weighted by Gasteiger charge is 2.21. The summed E-state index contributed by atoms with van der Waals surface area (Å²) in [6.45, 7) is 4.63. The van der Waals surface area contributed by atoms with E-state index in [4.69, 9.17) is 0 Å². The van der Waals surface area contributed by atoms with E-state index in [1.165, 1.54) is 25.8 Å². The van der Waals surface area contributed by atoms with E-state index in [0.29, 0.717) is 12.5 Å². The maximum absolute atomic E-state index is 11.5. The second kappa shape index (κ2) is 8.97. The zero-order valence-electron chi connectivity index (χ0n) is 11.0. The quantitative estimate of drug-likeness (QED) is 0.766. The van der Waals surface area contributed by atoms with Crippen LogP contribution in [-0.2, 0) is 4.79 Å². The van der Waals surface area contributed by atoms with E-state index in [1.54, 1.807) is 0 Å². The first-order valence-corrected chi connectivity index (χ1v) is 6.40. The third kappa shape index (κ3) is 6.78. The highest BCUT2D eigenvalue weighted by Crippen LogP contribution is 2.27. The van der Waals surface area contributed by atoms with Crippen molar-refractivity contribution in [3.8, 4) is 0 Å². The molecule has 2 N–H and O–H groups in total. The van der Waals surface area contributed by atoms with E-state index in [9.17, 15) is 4.79 Å². The van der Waals surface area contributed by atoms with Crippen molar-refractivity contribution in [3.63, 3.8) is 0 Å². The lowest BCUT2D eigenvalue weighted by atomic mass is 10.1. The van der Waals surface area contributed by atoms with Gasteiger partial charge >= 0.3 is 0 Å². The summed E-state index contributed by atoms with van der Waals surface area (Å²) in [5, 5.41) is 6.22. The van der Waals surface area contributed by atoms with Crippen molar-refractivity contribution in [1.82, 2.24) is 15.5 Å². The summed E-state index contributed by atoms with van der Waals surface area (Å²) in [6.07, 6.45) is 3.89. The van der Waals surface area contributed by atoms with Crippen molar-refractivity contribution in [2.75, 3.05) is 39.8 Å². The molecule has 2 aliphatic rings. The van der Waals surface area contributed by atoms with Crippen molar-refractivity contribution in [2.45, 2.75) is 19.3 Å². The molecule has 1 heterocycles. The molecule has 108 valence electrons. The number of carbonyl (C=O) groups excluding carboxylic acids is 1. The van der Waals surface area contributed by atoms with Gasteiger partial charge in [0.25, 0.3) is 0 Å². The zero-order chi connectivity index (χ0) is 11.4. The number of amides is 1. The Balaban J connectivity index is 0.00000144. The third-order valence-electron chi connectivity index (χ3n) is 3.49. The Labute approximate surface area is 122 Å². The summed E-state index contributed by atoms with van der Waals surface area (Å²) in [6, 6.07) is 0. The third-order valence-corrected chi connectivity index (χ3v) is 3.49. The molecule has 4 nitrogen and oxygen atoms in total. The Morgan fingerprint density at radius 1 is 1.17 bits per heavy atom. The summed E-state index contributed by atoms with van der Waals surface area (Å²) in [5.41, 5.74) is 0. The van der Waals surface area contributed by atoms with Crippen LogP contribution in [0.3, 0.4) is 0 Å². The minimum absolute atomic E-state index is 0. The molecule has 0 aromatic heterocycles. The number of rotatable bonds is 6. The largest absolute Gasteiger partial charge is 0.355 e. The van der Waals surface area contributed by atoms with Crippen LogP contribution < -0.4 is 10.6 Å². The van der Waals surface area contributed by atoms with Crippen LogP contribution in [0.25, 0.3) is 0 Å². The van der Waals surface area contributed by atoms with Crippen molar-refractivity contribution < 1.29 is 4.79 Å². The molecule has 18 heavy (non-hydrogen) atoms. The SMILES string of the molecule is CN1CCC(CNC(=O)CNCC2CC2)C1.Cl.Cl. The van der Waals surface area contributed by atoms with Crippen LogP contribution in [0.2, 0.25) is 0 Å². The van der Waals surface area contributed by atoms with Crippen LogP contribution in [0.4, 0.5) is 0 Å². The minimum atomic E-state index is 0. The topological polar surface area (TPSA) is 44.4 Å². The summed E-state index contributed by atoms with van der Waals surface area (Å²) in [5.74, 6) is 1.64. The molecule has 0 aromatic carbocycles. The minimum Gasteiger partial charge on any atom is -0.355 e. The number of likely N-dealkylation sites (tertiary alicyclic amines) is 1. The average molecular weight is 298 g/mol. The predicted octanol–water partition coefficient (Wildman–Crippen LogP) is 0.898. The Kier molecular flexibility index (Phi) is 8.95. The fourth-order valence-electron chi connectivity index (χ4n) is 2.23. The lowest BCUT2D eigenvalue weighted by molar-refractivity contribution is -0.120. The normalized spacial score (nSPS) is 23.1. The summed E-state index contributed by atoms with van der Waals surface area (Å²) < 4.78 is 0. The number of halogens is 2. The van der Waals surface area contributed by atoms with E-state index < -0.39 is 0 Å². The van der Waals surface area contributed by atoms with Crippen LogP contribution in [-0.4, -0.2) is 50.6 Å². The first kappa shape index (κ1) is 18.0. The molecule has 2 fully saturated rings. The molecule has 0 aromatic rings. The fourth-order valence-corrected chi connectivity index (χ4v) is 2.23. The molecule has 1 unspecified atom stereocenters. The maximum atomic E-state index is 11.5. The second-order valence-corrected chi connectivity index (χ2v) is 5.30. The molecule has 0 spiro atoms. The fraction of sp³-hybridized carbons (Fsp3) is 0.917. The number of hydrogen-bond acceptors (Lipinski definition) is 3. The van der Waals surface area contributed by atoms with Gasteiger partial charge in [0, 0.05) is 13.1 Å². The second-order valence-electron chi connectivity index (χ2n) is 5.30. The average Bonchev–Trinajstić information content (AvgIpc) is 2.98. The first-order chi connectivity index (χ1) is 7.74. The standard InChI is InChI=1S/C12H23N3O.2ClH/c1-15-5-4-11(9-15)7-14-12(16)8-13-6-10-2-3-10;;/h10-11,13H,2-9H2,1H3,(H,14,16);2*1H. The molecule has 1 saturated carbocycles. The number of nitrogens with one attached hydrogen (secondary N) is 2. The monoisotopic (exact) mass is 297 g/mol. The molecule has 0 bridgehead atoms. The van der Waals surface area contributed by atoms with Gasteiger partial charge in [-0.1, -0.05) is 0 Å². The predicted molar refractivity (Wildman–Crippen MR) is 78.7 cm³/mol. The lowest BCUT2D eigenvalue weighted by Crippen LogP contribution is -2.37. The van der Waals surface area contributed by atoms with E-state index >= 15 is 0 Å². The Morgan fingerprint density at radius 2 is 1.89 bits per heavy atom. The molecule has 1 aliphatic carbocycles. The van der Waals surface area contributed by atoms with Crippen LogP contribution in [0.1, 0.15) is 19.3 Å². The summed E-state index contributed by atoms with van der Waals surface area (Å²) in [7, 11) is 2.14. The maximum Gasteiger partial charge on any atom is 0.233 e. The van der Waals surface area contributed by atoms with Crippen molar-refractivity contribution in [2.24, 2.45) is 11.8 Å². The van der Waals surface area contributed by atoms with E-state index in [0.717, 1.165) is 25.6 Å². The van der Waals surface area contributed by atoms with Gasteiger partial charge in [0.15, 0.2) is 0 Å². The van der Waals surface area contributed by atoms with Crippen molar-refractivity contribution in [3.05, 3.63) is 0 Å². The van der Waals surface area contributed by atoms with Gasteiger partial charge in [-0.05, 0) is 51.2 Å². The first-order valence-electron chi connectivity index (χ1n) is 6.40. The zero-order valence-corrected chi connectivity index (χ0v) is 12.6. The molecule has 6 heteroatoms. The molecule has 1 aliphatic heterocycles. The van der Waals surface area contributed by atoms with Crippen LogP contribution in [0.15, 0.2) is 0 Å². The van der Waals surface area contributed by atoms with Crippen LogP contribution >= 0.6 is 24.8 Å². The Hall–Kier alpha value is -0.0300. The van der Waals surface area contributed by atoms with Crippen LogP contribution in [0, 0.1) is 11.8 Å². The van der Waals surface area contributed by atoms with E-state index in [-0.39, 0.29) is 30.7 Å². The van der Waals surface area contributed by atoms with Gasteiger partial charge in [0.2, 0.25) is 5.91 Å². The van der Waals surface area contributed by atoms with Gasteiger partial charge in [-0.3, -0.25) is 4.79 Å². The van der Waals surface area contributed by atoms with Gasteiger partial charge in [-0.2, -0.15) is 0 Å². The van der Waals surface area contributed by atoms with Gasteiger partial charge < -0.3 is 15.5 Å². The number of nitrogens with zero attached hydrogens (tertiary/aromatic N) is 1. The molecule has 2 rings (SSSR count). The van der Waals surface area contributed by atoms with Gasteiger partial charge in [0.1, 0.15) is 0 Å². The number of carbonyl (C=O) groups is 1. The highest BCUT2D eigenvalue weighted by atomic mass is 35.5. The highest BCUT2D eigenvalue weighted by molar-refractivity contribution is 5.85. The van der Waals surface area contributed by atoms with Gasteiger partial charge in [0.05, 0.1) is 6.54 Å². The molecule has 1 atom stereocenters. The molecular formula is C12H25Cl2N3O. The van der Waals surface area contributed by atoms with E-state index in [1.807, 2.05) is 0 Å². The molecule has 1 amide bonds. The Bertz CT molecular complexity index is 249. The van der Waals surface area contributed by atoms with Gasteiger partial charge in [-0.15, -0.1) is 24.8 Å². The van der Waals surface area contributed by atoms with Crippen LogP contribution in [0.5, 0.6) is 0 Å². The number of hydrogen-bond donors (Lipinski definition) is 2. The molecule has 1 saturated heterocycles. The van der Waals surface area contributed by atoms with Gasteiger partial charge in [-0.25, -0.2) is 0 Å². The lowest BCUT2D eigenvalue weighted by Gasteiger charge is -2.11. The van der Waals surface area contributed by atoms with Crippen molar-refractivity contribution in [1.29, 1.82) is 0 Å².